The van der Waals surface area contributed by atoms with Crippen molar-refractivity contribution in [2.75, 3.05) is 31.1 Å². The fourth-order valence-electron chi connectivity index (χ4n) is 2.52. The molecular formula is C16H29N5. The number of aryl methyl sites for hydroxylation is 1. The van der Waals surface area contributed by atoms with Crippen molar-refractivity contribution in [3.8, 4) is 0 Å². The lowest BCUT2D eigenvalue weighted by Crippen LogP contribution is -2.53. The summed E-state index contributed by atoms with van der Waals surface area (Å²) < 4.78 is 0. The van der Waals surface area contributed by atoms with Gasteiger partial charge in [0.25, 0.3) is 0 Å². The number of aromatic nitrogens is 3. The summed E-state index contributed by atoms with van der Waals surface area (Å²) in [7, 11) is 0. The molecule has 0 saturated carbocycles. The summed E-state index contributed by atoms with van der Waals surface area (Å²) in [6.45, 7) is 19.3. The summed E-state index contributed by atoms with van der Waals surface area (Å²) in [6.07, 6.45) is 0. The summed E-state index contributed by atoms with van der Waals surface area (Å²) in [5.74, 6) is 2.52. The average Bonchev–Trinajstić information content (AvgIpc) is 2.36. The molecular weight excluding hydrogens is 262 g/mol. The minimum atomic E-state index is -0.0460. The third-order valence-electron chi connectivity index (χ3n) is 3.92. The van der Waals surface area contributed by atoms with E-state index < -0.39 is 0 Å². The summed E-state index contributed by atoms with van der Waals surface area (Å²) in [6, 6.07) is 0. The zero-order valence-electron chi connectivity index (χ0n) is 14.6. The van der Waals surface area contributed by atoms with Crippen molar-refractivity contribution in [2.24, 2.45) is 0 Å². The van der Waals surface area contributed by atoms with E-state index in [0.717, 1.165) is 43.8 Å². The quantitative estimate of drug-likeness (QED) is 0.795. The van der Waals surface area contributed by atoms with Gasteiger partial charge in [0, 0.05) is 37.1 Å². The molecule has 1 aromatic heterocycles. The first kappa shape index (κ1) is 16.1. The third kappa shape index (κ3) is 3.90. The van der Waals surface area contributed by atoms with Gasteiger partial charge < -0.3 is 4.90 Å². The zero-order valence-corrected chi connectivity index (χ0v) is 14.6. The van der Waals surface area contributed by atoms with Gasteiger partial charge in [0.2, 0.25) is 5.95 Å². The monoisotopic (exact) mass is 291 g/mol. The normalized spacial score (nSPS) is 18.1. The topological polar surface area (TPSA) is 45.2 Å². The second kappa shape index (κ2) is 5.52. The molecule has 0 spiro atoms. The first-order chi connectivity index (χ1) is 9.57. The van der Waals surface area contributed by atoms with Gasteiger partial charge in [-0.25, -0.2) is 4.98 Å². The van der Waals surface area contributed by atoms with E-state index in [2.05, 4.69) is 61.3 Å². The van der Waals surface area contributed by atoms with Gasteiger partial charge in [0.15, 0.2) is 0 Å². The number of rotatable bonds is 1. The largest absolute Gasteiger partial charge is 0.338 e. The minimum Gasteiger partial charge on any atom is -0.338 e. The molecule has 1 fully saturated rings. The van der Waals surface area contributed by atoms with E-state index in [4.69, 9.17) is 4.98 Å². The maximum atomic E-state index is 4.70. The van der Waals surface area contributed by atoms with Crippen molar-refractivity contribution in [1.82, 2.24) is 19.9 Å². The molecule has 21 heavy (non-hydrogen) atoms. The van der Waals surface area contributed by atoms with Crippen LogP contribution in [0.3, 0.4) is 0 Å². The highest BCUT2D eigenvalue weighted by molar-refractivity contribution is 5.31. The van der Waals surface area contributed by atoms with Crippen molar-refractivity contribution in [3.63, 3.8) is 0 Å². The van der Waals surface area contributed by atoms with Gasteiger partial charge in [-0.05, 0) is 27.7 Å². The molecule has 0 aromatic carbocycles. The van der Waals surface area contributed by atoms with E-state index in [-0.39, 0.29) is 11.0 Å². The van der Waals surface area contributed by atoms with Crippen molar-refractivity contribution < 1.29 is 0 Å². The van der Waals surface area contributed by atoms with E-state index in [1.165, 1.54) is 0 Å². The molecule has 0 unspecified atom stereocenters. The molecule has 2 rings (SSSR count). The van der Waals surface area contributed by atoms with E-state index in [1.807, 2.05) is 6.92 Å². The molecule has 5 nitrogen and oxygen atoms in total. The van der Waals surface area contributed by atoms with Crippen LogP contribution in [0.5, 0.6) is 0 Å². The third-order valence-corrected chi connectivity index (χ3v) is 3.92. The Hall–Kier alpha value is -1.23. The van der Waals surface area contributed by atoms with Gasteiger partial charge in [-0.1, -0.05) is 20.8 Å². The van der Waals surface area contributed by atoms with Crippen LogP contribution in [0.4, 0.5) is 5.95 Å². The molecule has 5 heteroatoms. The van der Waals surface area contributed by atoms with Gasteiger partial charge >= 0.3 is 0 Å². The van der Waals surface area contributed by atoms with Crippen LogP contribution in [-0.2, 0) is 5.41 Å². The molecule has 1 aliphatic rings. The molecule has 0 aliphatic carbocycles. The van der Waals surface area contributed by atoms with Gasteiger partial charge in [-0.3, -0.25) is 4.90 Å². The van der Waals surface area contributed by atoms with Crippen molar-refractivity contribution in [2.45, 2.75) is 59.4 Å². The van der Waals surface area contributed by atoms with Gasteiger partial charge in [-0.15, -0.1) is 0 Å². The minimum absolute atomic E-state index is 0.0460. The summed E-state index contributed by atoms with van der Waals surface area (Å²) >= 11 is 0. The van der Waals surface area contributed by atoms with E-state index in [0.29, 0.717) is 0 Å². The molecule has 1 aliphatic heterocycles. The molecule has 0 amide bonds. The first-order valence-electron chi connectivity index (χ1n) is 7.80. The first-order valence-corrected chi connectivity index (χ1v) is 7.80. The molecule has 0 atom stereocenters. The van der Waals surface area contributed by atoms with Gasteiger partial charge in [0.05, 0.1) is 0 Å². The standard InChI is InChI=1S/C16H29N5/c1-12-17-13(15(2,3)4)19-14(18-12)20-8-10-21(11-9-20)16(5,6)7/h8-11H2,1-7H3. The van der Waals surface area contributed by atoms with Crippen LogP contribution in [0.1, 0.15) is 53.2 Å². The number of hydrogen-bond donors (Lipinski definition) is 0. The lowest BCUT2D eigenvalue weighted by Gasteiger charge is -2.42. The van der Waals surface area contributed by atoms with Gasteiger partial charge in [0.1, 0.15) is 11.6 Å². The fraction of sp³-hybridized carbons (Fsp3) is 0.812. The highest BCUT2D eigenvalue weighted by Crippen LogP contribution is 2.22. The van der Waals surface area contributed by atoms with Crippen LogP contribution in [0.15, 0.2) is 0 Å². The van der Waals surface area contributed by atoms with Crippen molar-refractivity contribution in [1.29, 1.82) is 0 Å². The SMILES string of the molecule is Cc1nc(N2CCN(C(C)(C)C)CC2)nc(C(C)(C)C)n1. The Balaban J connectivity index is 2.16. The number of anilines is 1. The Morgan fingerprint density at radius 1 is 0.810 bits per heavy atom. The molecule has 2 heterocycles. The van der Waals surface area contributed by atoms with E-state index in [1.54, 1.807) is 0 Å². The van der Waals surface area contributed by atoms with Crippen LogP contribution in [0.25, 0.3) is 0 Å². The Labute approximate surface area is 128 Å². The smallest absolute Gasteiger partial charge is 0.228 e. The maximum absolute atomic E-state index is 4.70. The lowest BCUT2D eigenvalue weighted by atomic mass is 9.96. The Morgan fingerprint density at radius 3 is 1.86 bits per heavy atom. The molecule has 0 radical (unpaired) electrons. The van der Waals surface area contributed by atoms with Crippen LogP contribution < -0.4 is 4.90 Å². The summed E-state index contributed by atoms with van der Waals surface area (Å²) in [5, 5.41) is 0. The number of hydrogen-bond acceptors (Lipinski definition) is 5. The van der Waals surface area contributed by atoms with Gasteiger partial charge in [-0.2, -0.15) is 9.97 Å². The van der Waals surface area contributed by atoms with Crippen molar-refractivity contribution >= 4 is 5.95 Å². The Kier molecular flexibility index (Phi) is 4.24. The molecule has 0 N–H and O–H groups in total. The van der Waals surface area contributed by atoms with Crippen LogP contribution in [-0.4, -0.2) is 51.6 Å². The molecule has 1 saturated heterocycles. The Morgan fingerprint density at radius 2 is 1.38 bits per heavy atom. The number of piperazine rings is 1. The lowest BCUT2D eigenvalue weighted by molar-refractivity contribution is 0.128. The van der Waals surface area contributed by atoms with Crippen LogP contribution in [0, 0.1) is 6.92 Å². The maximum Gasteiger partial charge on any atom is 0.228 e. The van der Waals surface area contributed by atoms with E-state index >= 15 is 0 Å². The Bertz CT molecular complexity index is 490. The second-order valence-corrected chi connectivity index (χ2v) is 7.90. The predicted molar refractivity (Wildman–Crippen MR) is 86.8 cm³/mol. The van der Waals surface area contributed by atoms with E-state index in [9.17, 15) is 0 Å². The summed E-state index contributed by atoms with van der Waals surface area (Å²) in [4.78, 5) is 18.5. The average molecular weight is 291 g/mol. The van der Waals surface area contributed by atoms with Crippen molar-refractivity contribution in [3.05, 3.63) is 11.6 Å². The van der Waals surface area contributed by atoms with Crippen LogP contribution >= 0.6 is 0 Å². The molecule has 0 bridgehead atoms. The fourth-order valence-corrected chi connectivity index (χ4v) is 2.52. The molecule has 118 valence electrons. The second-order valence-electron chi connectivity index (χ2n) is 7.90. The highest BCUT2D eigenvalue weighted by Gasteiger charge is 2.28. The highest BCUT2D eigenvalue weighted by atomic mass is 15.3. The zero-order chi connectivity index (χ0) is 15.8. The van der Waals surface area contributed by atoms with Crippen LogP contribution in [0.2, 0.25) is 0 Å². The predicted octanol–water partition coefficient (Wildman–Crippen LogP) is 2.40. The number of nitrogens with zero attached hydrogens (tertiary/aromatic N) is 5. The summed E-state index contributed by atoms with van der Waals surface area (Å²) in [5.41, 5.74) is 0.188. The molecule has 1 aromatic rings.